The van der Waals surface area contributed by atoms with Gasteiger partial charge in [0.15, 0.2) is 0 Å². The predicted octanol–water partition coefficient (Wildman–Crippen LogP) is 1.44. The number of rotatable bonds is 5. The third kappa shape index (κ3) is 3.91. The molecule has 1 aromatic rings. The first kappa shape index (κ1) is 17.9. The minimum atomic E-state index is -0.562. The van der Waals surface area contributed by atoms with Crippen molar-refractivity contribution < 1.29 is 23.9 Å². The molecule has 8 nitrogen and oxygen atoms in total. The lowest BCUT2D eigenvalue weighted by Gasteiger charge is -2.26. The zero-order valence-electron chi connectivity index (χ0n) is 13.9. The van der Waals surface area contributed by atoms with Crippen LogP contribution in [0.5, 0.6) is 0 Å². The Bertz CT molecular complexity index is 710. The molecule has 1 atom stereocenters. The maximum Gasteiger partial charge on any atom is 0.350 e. The molecule has 1 unspecified atom stereocenters. The molecule has 2 N–H and O–H groups in total. The second-order valence-electron chi connectivity index (χ2n) is 5.16. The highest BCUT2D eigenvalue weighted by Gasteiger charge is 2.30. The van der Waals surface area contributed by atoms with E-state index in [2.05, 4.69) is 15.6 Å². The number of carbonyl (C=O) groups excluding carboxylic acids is 3. The number of amides is 2. The van der Waals surface area contributed by atoms with Crippen molar-refractivity contribution in [3.05, 3.63) is 26.8 Å². The number of aryl methyl sites for hydroxylation is 2. The van der Waals surface area contributed by atoms with Crippen LogP contribution >= 0.6 is 11.3 Å². The van der Waals surface area contributed by atoms with Crippen LogP contribution in [-0.2, 0) is 14.3 Å². The predicted molar refractivity (Wildman–Crippen MR) is 86.7 cm³/mol. The quantitative estimate of drug-likeness (QED) is 0.776. The number of hydrogen-bond donors (Lipinski definition) is 2. The van der Waals surface area contributed by atoms with Crippen molar-refractivity contribution in [2.24, 2.45) is 0 Å². The molecular formula is C15H19N3O5S. The number of ether oxygens (including phenoxy) is 2. The lowest BCUT2D eigenvalue weighted by atomic mass is 10.0. The number of thiazole rings is 1. The van der Waals surface area contributed by atoms with E-state index in [0.29, 0.717) is 10.6 Å². The van der Waals surface area contributed by atoms with Crippen LogP contribution in [0.1, 0.15) is 34.2 Å². The van der Waals surface area contributed by atoms with Crippen LogP contribution < -0.4 is 10.6 Å². The Morgan fingerprint density at radius 3 is 2.54 bits per heavy atom. The number of hydrogen-bond acceptors (Lipinski definition) is 7. The molecule has 1 aliphatic rings. The molecule has 24 heavy (non-hydrogen) atoms. The van der Waals surface area contributed by atoms with Gasteiger partial charge in [0.25, 0.3) is 0 Å². The Hall–Kier alpha value is -2.42. The van der Waals surface area contributed by atoms with Crippen molar-refractivity contribution in [2.45, 2.75) is 33.7 Å². The lowest BCUT2D eigenvalue weighted by Crippen LogP contribution is -2.50. The van der Waals surface area contributed by atoms with Gasteiger partial charge in [0, 0.05) is 0 Å². The zero-order valence-corrected chi connectivity index (χ0v) is 14.7. The fourth-order valence-corrected chi connectivity index (χ4v) is 3.13. The first-order valence-corrected chi connectivity index (χ1v) is 8.24. The van der Waals surface area contributed by atoms with Crippen LogP contribution in [0.2, 0.25) is 0 Å². The van der Waals surface area contributed by atoms with Crippen LogP contribution in [-0.4, -0.2) is 42.2 Å². The van der Waals surface area contributed by atoms with Gasteiger partial charge in [-0.25, -0.2) is 19.4 Å². The van der Waals surface area contributed by atoms with E-state index in [4.69, 9.17) is 9.47 Å². The van der Waals surface area contributed by atoms with E-state index in [1.54, 1.807) is 27.7 Å². The van der Waals surface area contributed by atoms with Gasteiger partial charge >= 0.3 is 18.0 Å². The average Bonchev–Trinajstić information content (AvgIpc) is 2.83. The number of nitrogens with zero attached hydrogens (tertiary/aromatic N) is 1. The number of aromatic nitrogens is 1. The molecule has 130 valence electrons. The van der Waals surface area contributed by atoms with Crippen molar-refractivity contribution in [3.63, 3.8) is 0 Å². The Labute approximate surface area is 143 Å². The van der Waals surface area contributed by atoms with Gasteiger partial charge in [-0.3, -0.25) is 0 Å². The summed E-state index contributed by atoms with van der Waals surface area (Å²) in [5.74, 6) is -1.11. The first-order valence-electron chi connectivity index (χ1n) is 7.42. The van der Waals surface area contributed by atoms with Crippen LogP contribution in [0, 0.1) is 13.8 Å². The number of nitrogens with one attached hydrogen (secondary N) is 2. The largest absolute Gasteiger partial charge is 0.463 e. The van der Waals surface area contributed by atoms with Gasteiger partial charge in [-0.1, -0.05) is 0 Å². The highest BCUT2D eigenvalue weighted by atomic mass is 32.1. The lowest BCUT2D eigenvalue weighted by molar-refractivity contribution is -0.139. The average molecular weight is 353 g/mol. The maximum atomic E-state index is 12.2. The molecule has 0 aliphatic carbocycles. The van der Waals surface area contributed by atoms with Crippen LogP contribution in [0.15, 0.2) is 11.3 Å². The minimum absolute atomic E-state index is 0.204. The van der Waals surface area contributed by atoms with E-state index in [1.165, 1.54) is 11.3 Å². The second kappa shape index (κ2) is 7.43. The summed E-state index contributed by atoms with van der Waals surface area (Å²) in [6, 6.07) is -1.01. The third-order valence-electron chi connectivity index (χ3n) is 3.30. The summed E-state index contributed by atoms with van der Waals surface area (Å²) in [5.41, 5.74) is 1.04. The highest BCUT2D eigenvalue weighted by molar-refractivity contribution is 7.13. The molecule has 0 aromatic carbocycles. The molecule has 2 amide bonds. The Balaban J connectivity index is 2.18. The summed E-state index contributed by atoms with van der Waals surface area (Å²) in [4.78, 5) is 40.4. The number of esters is 2. The first-order chi connectivity index (χ1) is 11.3. The zero-order chi connectivity index (χ0) is 17.9. The molecule has 1 aromatic heterocycles. The molecule has 2 heterocycles. The van der Waals surface area contributed by atoms with Gasteiger partial charge in [0.1, 0.15) is 11.5 Å². The second-order valence-corrected chi connectivity index (χ2v) is 6.36. The molecule has 0 spiro atoms. The maximum absolute atomic E-state index is 12.2. The minimum Gasteiger partial charge on any atom is -0.463 e. The Kier molecular flexibility index (Phi) is 5.55. The van der Waals surface area contributed by atoms with Crippen molar-refractivity contribution in [3.8, 4) is 0 Å². The fraction of sp³-hybridized carbons (Fsp3) is 0.467. The van der Waals surface area contributed by atoms with Gasteiger partial charge < -0.3 is 20.1 Å². The summed E-state index contributed by atoms with van der Waals surface area (Å²) in [5, 5.41) is 5.83. The monoisotopic (exact) mass is 353 g/mol. The van der Waals surface area contributed by atoms with Crippen LogP contribution in [0.3, 0.4) is 0 Å². The smallest absolute Gasteiger partial charge is 0.350 e. The molecule has 0 saturated carbocycles. The van der Waals surface area contributed by atoms with Crippen molar-refractivity contribution in [1.82, 2.24) is 15.6 Å². The van der Waals surface area contributed by atoms with E-state index in [9.17, 15) is 14.4 Å². The highest BCUT2D eigenvalue weighted by Crippen LogP contribution is 2.19. The van der Waals surface area contributed by atoms with Gasteiger partial charge in [0.2, 0.25) is 0 Å². The normalized spacial score (nSPS) is 17.2. The summed E-state index contributed by atoms with van der Waals surface area (Å²) >= 11 is 1.23. The molecule has 0 saturated heterocycles. The van der Waals surface area contributed by atoms with Gasteiger partial charge in [0.05, 0.1) is 34.6 Å². The molecule has 0 fully saturated rings. The summed E-state index contributed by atoms with van der Waals surface area (Å²) in [6.45, 7) is 6.83. The summed E-state index contributed by atoms with van der Waals surface area (Å²) < 4.78 is 10.2. The molecule has 0 bridgehead atoms. The van der Waals surface area contributed by atoms with Gasteiger partial charge in [-0.2, -0.15) is 0 Å². The summed E-state index contributed by atoms with van der Waals surface area (Å²) in [7, 11) is 0. The molecule has 1 aliphatic heterocycles. The Morgan fingerprint density at radius 2 is 1.96 bits per heavy atom. The van der Waals surface area contributed by atoms with Crippen LogP contribution in [0.4, 0.5) is 4.79 Å². The SMILES string of the molecule is CCOC(=O)C1=C(COC(=O)c2sc(C)nc2C)NC(=O)NC1C. The van der Waals surface area contributed by atoms with Crippen molar-refractivity contribution in [2.75, 3.05) is 13.2 Å². The van der Waals surface area contributed by atoms with E-state index < -0.39 is 24.0 Å². The Morgan fingerprint density at radius 1 is 1.25 bits per heavy atom. The van der Waals surface area contributed by atoms with Gasteiger partial charge in [-0.05, 0) is 27.7 Å². The van der Waals surface area contributed by atoms with Crippen molar-refractivity contribution in [1.29, 1.82) is 0 Å². The summed E-state index contributed by atoms with van der Waals surface area (Å²) in [6.07, 6.45) is 0. The topological polar surface area (TPSA) is 107 Å². The van der Waals surface area contributed by atoms with E-state index in [0.717, 1.165) is 5.01 Å². The molecule has 2 rings (SSSR count). The number of urea groups is 1. The fourth-order valence-electron chi connectivity index (χ4n) is 2.32. The molecule has 0 radical (unpaired) electrons. The molecule has 9 heteroatoms. The standard InChI is InChI=1S/C15H19N3O5S/c1-5-22-13(19)11-7(2)17-15(21)18-10(11)6-23-14(20)12-8(3)16-9(4)24-12/h7H,5-6H2,1-4H3,(H2,17,18,21). The van der Waals surface area contributed by atoms with Gasteiger partial charge in [-0.15, -0.1) is 11.3 Å². The van der Waals surface area contributed by atoms with Crippen molar-refractivity contribution >= 4 is 29.3 Å². The van der Waals surface area contributed by atoms with E-state index in [1.807, 2.05) is 0 Å². The van der Waals surface area contributed by atoms with E-state index >= 15 is 0 Å². The number of carbonyl (C=O) groups is 3. The third-order valence-corrected chi connectivity index (χ3v) is 4.35. The molecular weight excluding hydrogens is 334 g/mol. The van der Waals surface area contributed by atoms with Crippen LogP contribution in [0.25, 0.3) is 0 Å². The van der Waals surface area contributed by atoms with E-state index in [-0.39, 0.29) is 24.5 Å².